The molecule has 0 radical (unpaired) electrons. The van der Waals surface area contributed by atoms with E-state index in [-0.39, 0.29) is 36.1 Å². The molecule has 0 aromatic heterocycles. The zero-order valence-corrected chi connectivity index (χ0v) is 13.7. The summed E-state index contributed by atoms with van der Waals surface area (Å²) in [5, 5.41) is 12.9. The van der Waals surface area contributed by atoms with E-state index in [0.29, 0.717) is 0 Å². The van der Waals surface area contributed by atoms with E-state index in [9.17, 15) is 18.7 Å². The van der Waals surface area contributed by atoms with Crippen LogP contribution in [0, 0.1) is 17.6 Å². The molecule has 1 aromatic carbocycles. The van der Waals surface area contributed by atoms with Crippen molar-refractivity contribution in [1.82, 2.24) is 5.43 Å². The van der Waals surface area contributed by atoms with Crippen molar-refractivity contribution < 1.29 is 23.4 Å². The van der Waals surface area contributed by atoms with Gasteiger partial charge in [0.1, 0.15) is 11.6 Å². The predicted octanol–water partition coefficient (Wildman–Crippen LogP) is 2.63. The maximum atomic E-state index is 14.5. The Hall–Kier alpha value is -1.73. The summed E-state index contributed by atoms with van der Waals surface area (Å²) >= 11 is 5.86. The SMILES string of the molecule is CC1CC(=O)NN=C1c1cc(F)c(OCC(C)(C)O)c(Cl)c1F. The first-order valence-electron chi connectivity index (χ1n) is 6.99. The molecule has 23 heavy (non-hydrogen) atoms. The number of hydrogen-bond donors (Lipinski definition) is 2. The summed E-state index contributed by atoms with van der Waals surface area (Å²) in [5.41, 5.74) is 1.09. The summed E-state index contributed by atoms with van der Waals surface area (Å²) in [5.74, 6) is -2.90. The number of nitrogens with one attached hydrogen (secondary N) is 1. The highest BCUT2D eigenvalue weighted by atomic mass is 35.5. The Morgan fingerprint density at radius 3 is 2.74 bits per heavy atom. The van der Waals surface area contributed by atoms with Crippen LogP contribution in [0.1, 0.15) is 32.8 Å². The molecular formula is C15H17ClF2N2O3. The number of amides is 1. The van der Waals surface area contributed by atoms with Crippen LogP contribution >= 0.6 is 11.6 Å². The largest absolute Gasteiger partial charge is 0.486 e. The van der Waals surface area contributed by atoms with Gasteiger partial charge in [0.2, 0.25) is 5.91 Å². The van der Waals surface area contributed by atoms with E-state index in [1.54, 1.807) is 6.92 Å². The lowest BCUT2D eigenvalue weighted by molar-refractivity contribution is -0.121. The molecule has 1 atom stereocenters. The molecule has 1 amide bonds. The molecule has 1 aliphatic heterocycles. The summed E-state index contributed by atoms with van der Waals surface area (Å²) in [6, 6.07) is 0.924. The Bertz CT molecular complexity index is 672. The molecule has 0 saturated heterocycles. The van der Waals surface area contributed by atoms with Gasteiger partial charge in [-0.2, -0.15) is 5.10 Å². The summed E-state index contributed by atoms with van der Waals surface area (Å²) in [6.45, 7) is 4.35. The molecule has 2 N–H and O–H groups in total. The van der Waals surface area contributed by atoms with Gasteiger partial charge in [-0.1, -0.05) is 18.5 Å². The third kappa shape index (κ3) is 3.97. The van der Waals surface area contributed by atoms with Gasteiger partial charge in [-0.25, -0.2) is 14.2 Å². The van der Waals surface area contributed by atoms with Crippen LogP contribution in [0.4, 0.5) is 8.78 Å². The highest BCUT2D eigenvalue weighted by Gasteiger charge is 2.28. The number of carbonyl (C=O) groups is 1. The fraction of sp³-hybridized carbons (Fsp3) is 0.467. The Morgan fingerprint density at radius 1 is 1.52 bits per heavy atom. The molecule has 126 valence electrons. The number of ether oxygens (including phenoxy) is 1. The minimum Gasteiger partial charge on any atom is -0.486 e. The predicted molar refractivity (Wildman–Crippen MR) is 81.6 cm³/mol. The van der Waals surface area contributed by atoms with Gasteiger partial charge in [-0.15, -0.1) is 0 Å². The van der Waals surface area contributed by atoms with Gasteiger partial charge in [0.25, 0.3) is 0 Å². The zero-order chi connectivity index (χ0) is 17.4. The van der Waals surface area contributed by atoms with Crippen LogP contribution in [-0.2, 0) is 4.79 Å². The van der Waals surface area contributed by atoms with E-state index in [4.69, 9.17) is 16.3 Å². The van der Waals surface area contributed by atoms with Gasteiger partial charge in [0, 0.05) is 17.9 Å². The molecule has 2 rings (SSSR count). The number of hydrogen-bond acceptors (Lipinski definition) is 4. The molecular weight excluding hydrogens is 330 g/mol. The fourth-order valence-corrected chi connectivity index (χ4v) is 2.37. The molecule has 1 aromatic rings. The van der Waals surface area contributed by atoms with E-state index in [0.717, 1.165) is 6.07 Å². The summed E-state index contributed by atoms with van der Waals surface area (Å²) in [6.07, 6.45) is 0.120. The Labute approximate surface area is 137 Å². The lowest BCUT2D eigenvalue weighted by Crippen LogP contribution is -2.32. The summed E-state index contributed by atoms with van der Waals surface area (Å²) < 4.78 is 33.8. The van der Waals surface area contributed by atoms with Crippen LogP contribution in [0.25, 0.3) is 0 Å². The van der Waals surface area contributed by atoms with Crippen molar-refractivity contribution in [2.24, 2.45) is 11.0 Å². The van der Waals surface area contributed by atoms with Crippen molar-refractivity contribution >= 4 is 23.2 Å². The monoisotopic (exact) mass is 346 g/mol. The van der Waals surface area contributed by atoms with Crippen molar-refractivity contribution in [3.63, 3.8) is 0 Å². The van der Waals surface area contributed by atoms with Gasteiger partial charge in [-0.3, -0.25) is 4.79 Å². The first-order valence-corrected chi connectivity index (χ1v) is 7.37. The lowest BCUT2D eigenvalue weighted by atomic mass is 9.93. The van der Waals surface area contributed by atoms with Crippen LogP contribution in [0.3, 0.4) is 0 Å². The van der Waals surface area contributed by atoms with Gasteiger partial charge in [-0.05, 0) is 19.9 Å². The number of rotatable bonds is 4. The van der Waals surface area contributed by atoms with Crippen LogP contribution in [-0.4, -0.2) is 28.9 Å². The van der Waals surface area contributed by atoms with Crippen molar-refractivity contribution in [2.75, 3.05) is 6.61 Å². The van der Waals surface area contributed by atoms with Crippen LogP contribution in [0.2, 0.25) is 5.02 Å². The van der Waals surface area contributed by atoms with E-state index in [2.05, 4.69) is 10.5 Å². The molecule has 1 heterocycles. The van der Waals surface area contributed by atoms with E-state index in [1.165, 1.54) is 13.8 Å². The number of nitrogens with zero attached hydrogens (tertiary/aromatic N) is 1. The number of halogens is 3. The number of aliphatic hydroxyl groups is 1. The molecule has 1 aliphatic rings. The molecule has 8 heteroatoms. The minimum absolute atomic E-state index is 0.120. The number of hydrazone groups is 1. The molecule has 0 saturated carbocycles. The fourth-order valence-electron chi connectivity index (χ4n) is 2.12. The zero-order valence-electron chi connectivity index (χ0n) is 12.9. The molecule has 1 unspecified atom stereocenters. The molecule has 0 aliphatic carbocycles. The normalized spacial score (nSPS) is 18.5. The standard InChI is InChI=1S/C15H17ClF2N2O3/c1-7-4-10(21)19-20-13(7)8-5-9(17)14(11(16)12(8)18)23-6-15(2,3)22/h5,7,22H,4,6H2,1-3H3,(H,19,21). The Kier molecular flexibility index (Phi) is 4.91. The molecule has 0 bridgehead atoms. The second-order valence-electron chi connectivity index (χ2n) is 6.10. The van der Waals surface area contributed by atoms with Crippen molar-refractivity contribution in [3.8, 4) is 5.75 Å². The number of benzene rings is 1. The van der Waals surface area contributed by atoms with E-state index < -0.39 is 28.0 Å². The van der Waals surface area contributed by atoms with Crippen molar-refractivity contribution in [2.45, 2.75) is 32.8 Å². The third-order valence-electron chi connectivity index (χ3n) is 3.22. The lowest BCUT2D eigenvalue weighted by Gasteiger charge is -2.22. The van der Waals surface area contributed by atoms with Gasteiger partial charge in [0.15, 0.2) is 17.4 Å². The topological polar surface area (TPSA) is 70.9 Å². The smallest absolute Gasteiger partial charge is 0.240 e. The average Bonchev–Trinajstić information content (AvgIpc) is 2.42. The Morgan fingerprint density at radius 2 is 2.17 bits per heavy atom. The van der Waals surface area contributed by atoms with Gasteiger partial charge >= 0.3 is 0 Å². The molecule has 5 nitrogen and oxygen atoms in total. The summed E-state index contributed by atoms with van der Waals surface area (Å²) in [4.78, 5) is 11.2. The van der Waals surface area contributed by atoms with Crippen molar-refractivity contribution in [3.05, 3.63) is 28.3 Å². The van der Waals surface area contributed by atoms with Crippen molar-refractivity contribution in [1.29, 1.82) is 0 Å². The first kappa shape index (κ1) is 17.6. The maximum Gasteiger partial charge on any atom is 0.240 e. The minimum atomic E-state index is -1.23. The highest BCUT2D eigenvalue weighted by Crippen LogP contribution is 2.35. The first-order chi connectivity index (χ1) is 10.6. The third-order valence-corrected chi connectivity index (χ3v) is 3.56. The second-order valence-corrected chi connectivity index (χ2v) is 6.48. The molecule has 0 fully saturated rings. The number of carbonyl (C=O) groups excluding carboxylic acids is 1. The summed E-state index contributed by atoms with van der Waals surface area (Å²) in [7, 11) is 0. The Balaban J connectivity index is 2.40. The van der Waals surface area contributed by atoms with E-state index >= 15 is 0 Å². The molecule has 0 spiro atoms. The quantitative estimate of drug-likeness (QED) is 0.823. The van der Waals surface area contributed by atoms with Crippen LogP contribution < -0.4 is 10.2 Å². The van der Waals surface area contributed by atoms with E-state index in [1.807, 2.05) is 0 Å². The van der Waals surface area contributed by atoms with Crippen LogP contribution in [0.5, 0.6) is 5.75 Å². The second kappa shape index (κ2) is 6.41. The average molecular weight is 347 g/mol. The van der Waals surface area contributed by atoms with Gasteiger partial charge in [0.05, 0.1) is 11.3 Å². The van der Waals surface area contributed by atoms with Crippen LogP contribution in [0.15, 0.2) is 11.2 Å². The van der Waals surface area contributed by atoms with Gasteiger partial charge < -0.3 is 9.84 Å². The highest BCUT2D eigenvalue weighted by molar-refractivity contribution is 6.32. The maximum absolute atomic E-state index is 14.5.